The molecule has 3 nitrogen and oxygen atoms in total. The van der Waals surface area contributed by atoms with Crippen molar-refractivity contribution in [2.45, 2.75) is 13.0 Å². The lowest BCUT2D eigenvalue weighted by molar-refractivity contribution is 0.430. The zero-order chi connectivity index (χ0) is 14.0. The Morgan fingerprint density at radius 2 is 1.63 bits per heavy atom. The zero-order valence-electron chi connectivity index (χ0n) is 10.8. The quantitative estimate of drug-likeness (QED) is 0.889. The molecular weight excluding hydrogens is 245 g/mol. The molecule has 0 fully saturated rings. The van der Waals surface area contributed by atoms with Crippen LogP contribution in [-0.2, 0) is 0 Å². The van der Waals surface area contributed by atoms with Gasteiger partial charge in [-0.1, -0.05) is 12.1 Å². The molecule has 1 unspecified atom stereocenters. The fourth-order valence-electron chi connectivity index (χ4n) is 2.08. The molecule has 1 atom stereocenters. The van der Waals surface area contributed by atoms with Gasteiger partial charge in [0.2, 0.25) is 0 Å². The van der Waals surface area contributed by atoms with E-state index >= 15 is 0 Å². The number of halogens is 1. The van der Waals surface area contributed by atoms with E-state index in [4.69, 9.17) is 0 Å². The highest BCUT2D eigenvalue weighted by Gasteiger charge is 2.19. The molecule has 0 spiro atoms. The highest BCUT2D eigenvalue weighted by molar-refractivity contribution is 5.53. The van der Waals surface area contributed by atoms with Crippen molar-refractivity contribution < 1.29 is 14.6 Å². The van der Waals surface area contributed by atoms with Gasteiger partial charge in [0.25, 0.3) is 0 Å². The van der Waals surface area contributed by atoms with Gasteiger partial charge in [0.1, 0.15) is 17.3 Å². The third kappa shape index (κ3) is 2.62. The Bertz CT molecular complexity index is 566. The number of rotatable bonds is 3. The van der Waals surface area contributed by atoms with Crippen LogP contribution in [0.5, 0.6) is 11.5 Å². The number of phenolic OH excluding ortho intramolecular Hbond substituents is 2. The molecule has 2 rings (SSSR count). The Kier molecular flexibility index (Phi) is 3.60. The first-order valence-electron chi connectivity index (χ1n) is 6.00. The van der Waals surface area contributed by atoms with Gasteiger partial charge in [-0.25, -0.2) is 4.39 Å². The molecule has 0 aliphatic heterocycles. The Labute approximate surface area is 111 Å². The summed E-state index contributed by atoms with van der Waals surface area (Å²) in [6.07, 6.45) is 0. The smallest absolute Gasteiger partial charge is 0.125 e. The molecule has 2 N–H and O–H groups in total. The molecule has 2 aromatic carbocycles. The first-order chi connectivity index (χ1) is 9.00. The summed E-state index contributed by atoms with van der Waals surface area (Å²) in [5.41, 5.74) is 1.10. The molecule has 0 radical (unpaired) electrons. The molecule has 0 aliphatic carbocycles. The van der Waals surface area contributed by atoms with Crippen LogP contribution in [0.4, 0.5) is 10.1 Å². The average Bonchev–Trinajstić information content (AvgIpc) is 2.37. The molecule has 0 saturated heterocycles. The van der Waals surface area contributed by atoms with Crippen molar-refractivity contribution in [1.82, 2.24) is 0 Å². The lowest BCUT2D eigenvalue weighted by Gasteiger charge is -2.28. The molecule has 0 heterocycles. The number of hydrogen-bond acceptors (Lipinski definition) is 3. The number of hydrogen-bond donors (Lipinski definition) is 2. The van der Waals surface area contributed by atoms with Gasteiger partial charge in [-0.05, 0) is 37.3 Å². The summed E-state index contributed by atoms with van der Waals surface area (Å²) >= 11 is 0. The number of anilines is 1. The van der Waals surface area contributed by atoms with Gasteiger partial charge in [-0.15, -0.1) is 0 Å². The van der Waals surface area contributed by atoms with Crippen molar-refractivity contribution in [2.75, 3.05) is 11.9 Å². The molecule has 0 bridgehead atoms. The minimum atomic E-state index is -0.321. The largest absolute Gasteiger partial charge is 0.507 e. The first kappa shape index (κ1) is 13.2. The van der Waals surface area contributed by atoms with E-state index < -0.39 is 0 Å². The van der Waals surface area contributed by atoms with E-state index in [-0.39, 0.29) is 23.4 Å². The van der Waals surface area contributed by atoms with E-state index in [2.05, 4.69) is 0 Å². The summed E-state index contributed by atoms with van der Waals surface area (Å²) in [4.78, 5) is 1.79. The molecule has 0 aromatic heterocycles. The number of aromatic hydroxyl groups is 2. The van der Waals surface area contributed by atoms with E-state index in [1.54, 1.807) is 30.1 Å². The Hall–Kier alpha value is -2.23. The van der Waals surface area contributed by atoms with Crippen molar-refractivity contribution in [3.05, 3.63) is 53.8 Å². The number of nitrogens with zero attached hydrogens (tertiary/aromatic N) is 1. The van der Waals surface area contributed by atoms with E-state index in [0.29, 0.717) is 11.3 Å². The first-order valence-corrected chi connectivity index (χ1v) is 6.00. The van der Waals surface area contributed by atoms with E-state index in [1.807, 2.05) is 6.92 Å². The topological polar surface area (TPSA) is 43.7 Å². The SMILES string of the molecule is CC(c1c(O)cccc1O)N(C)c1cccc(F)c1. The van der Waals surface area contributed by atoms with Crippen LogP contribution in [0.1, 0.15) is 18.5 Å². The summed E-state index contributed by atoms with van der Waals surface area (Å²) in [6, 6.07) is 10.5. The third-order valence-corrected chi connectivity index (χ3v) is 3.27. The van der Waals surface area contributed by atoms with Crippen LogP contribution >= 0.6 is 0 Å². The maximum absolute atomic E-state index is 13.2. The molecule has 19 heavy (non-hydrogen) atoms. The van der Waals surface area contributed by atoms with Crippen LogP contribution in [0.3, 0.4) is 0 Å². The minimum absolute atomic E-state index is 0.0238. The van der Waals surface area contributed by atoms with Crippen LogP contribution < -0.4 is 4.90 Å². The number of phenols is 2. The van der Waals surface area contributed by atoms with Gasteiger partial charge >= 0.3 is 0 Å². The van der Waals surface area contributed by atoms with Crippen LogP contribution in [-0.4, -0.2) is 17.3 Å². The summed E-state index contributed by atoms with van der Waals surface area (Å²) in [7, 11) is 1.78. The van der Waals surface area contributed by atoms with Crippen molar-refractivity contribution in [1.29, 1.82) is 0 Å². The summed E-state index contributed by atoms with van der Waals surface area (Å²) < 4.78 is 13.2. The maximum atomic E-state index is 13.2. The van der Waals surface area contributed by atoms with Crippen LogP contribution in [0.25, 0.3) is 0 Å². The van der Waals surface area contributed by atoms with Crippen LogP contribution in [0.15, 0.2) is 42.5 Å². The molecular formula is C15H16FNO2. The highest BCUT2D eigenvalue weighted by atomic mass is 19.1. The lowest BCUT2D eigenvalue weighted by atomic mass is 10.0. The fraction of sp³-hybridized carbons (Fsp3) is 0.200. The van der Waals surface area contributed by atoms with E-state index in [0.717, 1.165) is 0 Å². The van der Waals surface area contributed by atoms with Gasteiger partial charge in [0.05, 0.1) is 11.6 Å². The Balaban J connectivity index is 2.36. The summed E-state index contributed by atoms with van der Waals surface area (Å²) in [6.45, 7) is 1.83. The van der Waals surface area contributed by atoms with Gasteiger partial charge in [-0.3, -0.25) is 0 Å². The molecule has 0 aliphatic rings. The molecule has 100 valence electrons. The highest BCUT2D eigenvalue weighted by Crippen LogP contribution is 2.36. The van der Waals surface area contributed by atoms with Crippen molar-refractivity contribution in [2.24, 2.45) is 0 Å². The van der Waals surface area contributed by atoms with Crippen molar-refractivity contribution in [3.63, 3.8) is 0 Å². The Morgan fingerprint density at radius 1 is 1.05 bits per heavy atom. The second kappa shape index (κ2) is 5.18. The standard InChI is InChI=1S/C15H16FNO2/c1-10(15-13(18)7-4-8-14(15)19)17(2)12-6-3-5-11(16)9-12/h3-10,18-19H,1-2H3. The fourth-order valence-corrected chi connectivity index (χ4v) is 2.08. The number of benzene rings is 2. The van der Waals surface area contributed by atoms with Gasteiger partial charge in [0.15, 0.2) is 0 Å². The normalized spacial score (nSPS) is 12.2. The summed E-state index contributed by atoms with van der Waals surface area (Å²) in [5.74, 6) is -0.274. The average molecular weight is 261 g/mol. The van der Waals surface area contributed by atoms with E-state index in [9.17, 15) is 14.6 Å². The van der Waals surface area contributed by atoms with Gasteiger partial charge < -0.3 is 15.1 Å². The molecule has 0 saturated carbocycles. The van der Waals surface area contributed by atoms with Crippen molar-refractivity contribution in [3.8, 4) is 11.5 Å². The van der Waals surface area contributed by atoms with Crippen molar-refractivity contribution >= 4 is 5.69 Å². The predicted molar refractivity (Wildman–Crippen MR) is 73.0 cm³/mol. The summed E-state index contributed by atoms with van der Waals surface area (Å²) in [5, 5.41) is 19.7. The van der Waals surface area contributed by atoms with Crippen LogP contribution in [0, 0.1) is 5.82 Å². The molecule has 2 aromatic rings. The van der Waals surface area contributed by atoms with Crippen LogP contribution in [0.2, 0.25) is 0 Å². The second-order valence-corrected chi connectivity index (χ2v) is 4.48. The van der Waals surface area contributed by atoms with Gasteiger partial charge in [-0.2, -0.15) is 0 Å². The zero-order valence-corrected chi connectivity index (χ0v) is 10.8. The van der Waals surface area contributed by atoms with Gasteiger partial charge in [0, 0.05) is 12.7 Å². The minimum Gasteiger partial charge on any atom is -0.507 e. The third-order valence-electron chi connectivity index (χ3n) is 3.27. The molecule has 4 heteroatoms. The molecule has 0 amide bonds. The maximum Gasteiger partial charge on any atom is 0.125 e. The lowest BCUT2D eigenvalue weighted by Crippen LogP contribution is -2.21. The second-order valence-electron chi connectivity index (χ2n) is 4.48. The predicted octanol–water partition coefficient (Wildman–Crippen LogP) is 3.43. The Morgan fingerprint density at radius 3 is 2.21 bits per heavy atom. The monoisotopic (exact) mass is 261 g/mol. The van der Waals surface area contributed by atoms with E-state index in [1.165, 1.54) is 24.3 Å².